The highest BCUT2D eigenvalue weighted by molar-refractivity contribution is 5.79. The summed E-state index contributed by atoms with van der Waals surface area (Å²) >= 11 is 0. The first-order valence-electron chi connectivity index (χ1n) is 8.83. The van der Waals surface area contributed by atoms with Crippen molar-refractivity contribution in [3.63, 3.8) is 0 Å². The first-order valence-corrected chi connectivity index (χ1v) is 8.83. The third-order valence-corrected chi connectivity index (χ3v) is 3.66. The zero-order valence-electron chi connectivity index (χ0n) is 15.8. The van der Waals surface area contributed by atoms with Crippen molar-refractivity contribution >= 4 is 5.96 Å². The summed E-state index contributed by atoms with van der Waals surface area (Å²) in [6, 6.07) is 0. The monoisotopic (exact) mass is 330 g/mol. The molecule has 6 nitrogen and oxygen atoms in total. The van der Waals surface area contributed by atoms with Gasteiger partial charge in [-0.2, -0.15) is 0 Å². The van der Waals surface area contributed by atoms with Crippen molar-refractivity contribution in [2.24, 2.45) is 16.8 Å². The minimum Gasteiger partial charge on any atom is -0.396 e. The summed E-state index contributed by atoms with van der Waals surface area (Å²) in [5.41, 5.74) is 0. The molecule has 0 aliphatic carbocycles. The molecule has 1 unspecified atom stereocenters. The Morgan fingerprint density at radius 2 is 2.00 bits per heavy atom. The molecule has 138 valence electrons. The number of rotatable bonds is 13. The maximum atomic E-state index is 9.20. The first kappa shape index (κ1) is 22.1. The number of hydrogen-bond donors (Lipinski definition) is 3. The summed E-state index contributed by atoms with van der Waals surface area (Å²) in [5.74, 6) is 1.94. The molecule has 3 N–H and O–H groups in total. The third kappa shape index (κ3) is 13.3. The quantitative estimate of drug-likeness (QED) is 0.349. The van der Waals surface area contributed by atoms with Crippen LogP contribution < -0.4 is 10.6 Å². The van der Waals surface area contributed by atoms with Gasteiger partial charge in [0.2, 0.25) is 0 Å². The summed E-state index contributed by atoms with van der Waals surface area (Å²) in [7, 11) is 3.81. The smallest absolute Gasteiger partial charge is 0.191 e. The summed E-state index contributed by atoms with van der Waals surface area (Å²) in [6.45, 7) is 11.8. The Morgan fingerprint density at radius 3 is 2.57 bits per heavy atom. The predicted molar refractivity (Wildman–Crippen MR) is 98.0 cm³/mol. The minimum absolute atomic E-state index is 0.237. The van der Waals surface area contributed by atoms with Crippen LogP contribution in [-0.2, 0) is 4.74 Å². The molecular weight excluding hydrogens is 292 g/mol. The Bertz CT molecular complexity index is 298. The molecule has 0 aliphatic heterocycles. The number of methoxy groups -OCH3 is 1. The second-order valence-electron chi connectivity index (χ2n) is 6.45. The van der Waals surface area contributed by atoms with Gasteiger partial charge in [0.1, 0.15) is 0 Å². The van der Waals surface area contributed by atoms with Gasteiger partial charge in [-0.25, -0.2) is 0 Å². The van der Waals surface area contributed by atoms with E-state index in [0.29, 0.717) is 11.8 Å². The number of hydrogen-bond acceptors (Lipinski definition) is 4. The lowest BCUT2D eigenvalue weighted by atomic mass is 9.94. The van der Waals surface area contributed by atoms with Gasteiger partial charge in [0.25, 0.3) is 0 Å². The lowest BCUT2D eigenvalue weighted by Crippen LogP contribution is -2.41. The molecule has 0 heterocycles. The van der Waals surface area contributed by atoms with Crippen molar-refractivity contribution in [1.82, 2.24) is 15.5 Å². The summed E-state index contributed by atoms with van der Waals surface area (Å²) < 4.78 is 5.08. The highest BCUT2D eigenvalue weighted by Gasteiger charge is 2.10. The van der Waals surface area contributed by atoms with Crippen LogP contribution in [0.2, 0.25) is 0 Å². The number of guanidine groups is 1. The largest absolute Gasteiger partial charge is 0.396 e. The van der Waals surface area contributed by atoms with E-state index in [-0.39, 0.29) is 6.61 Å². The number of nitrogens with zero attached hydrogens (tertiary/aromatic N) is 2. The van der Waals surface area contributed by atoms with Gasteiger partial charge in [-0.05, 0) is 38.6 Å². The van der Waals surface area contributed by atoms with Gasteiger partial charge in [0, 0.05) is 46.4 Å². The average molecular weight is 331 g/mol. The van der Waals surface area contributed by atoms with Crippen molar-refractivity contribution in [2.75, 3.05) is 60.1 Å². The fourth-order valence-corrected chi connectivity index (χ4v) is 2.42. The lowest BCUT2D eigenvalue weighted by molar-refractivity contribution is 0.162. The van der Waals surface area contributed by atoms with Gasteiger partial charge in [0.15, 0.2) is 5.96 Å². The first-order chi connectivity index (χ1) is 11.0. The molecule has 0 fully saturated rings. The van der Waals surface area contributed by atoms with Crippen LogP contribution in [0, 0.1) is 11.8 Å². The Balaban J connectivity index is 4.28. The maximum Gasteiger partial charge on any atom is 0.191 e. The van der Waals surface area contributed by atoms with Crippen LogP contribution in [-0.4, -0.2) is 76.1 Å². The van der Waals surface area contributed by atoms with Gasteiger partial charge in [-0.1, -0.05) is 13.8 Å². The van der Waals surface area contributed by atoms with E-state index in [4.69, 9.17) is 4.74 Å². The van der Waals surface area contributed by atoms with Crippen molar-refractivity contribution in [1.29, 1.82) is 0 Å². The second-order valence-corrected chi connectivity index (χ2v) is 6.45. The number of aliphatic hydroxyl groups excluding tert-OH is 1. The van der Waals surface area contributed by atoms with E-state index >= 15 is 0 Å². The molecule has 0 amide bonds. The van der Waals surface area contributed by atoms with Crippen LogP contribution in [0.4, 0.5) is 0 Å². The molecule has 0 saturated heterocycles. The minimum atomic E-state index is 0.237. The second kappa shape index (κ2) is 14.7. The highest BCUT2D eigenvalue weighted by atomic mass is 16.5. The molecule has 0 aromatic heterocycles. The molecular formula is C17H38N4O2. The summed E-state index contributed by atoms with van der Waals surface area (Å²) in [5, 5.41) is 15.9. The Morgan fingerprint density at radius 1 is 1.26 bits per heavy atom. The van der Waals surface area contributed by atoms with E-state index in [1.165, 1.54) is 0 Å². The van der Waals surface area contributed by atoms with E-state index in [9.17, 15) is 5.11 Å². The van der Waals surface area contributed by atoms with Crippen molar-refractivity contribution in [3.8, 4) is 0 Å². The van der Waals surface area contributed by atoms with E-state index in [1.54, 1.807) is 7.11 Å². The summed E-state index contributed by atoms with van der Waals surface area (Å²) in [6.07, 6.45) is 1.92. The van der Waals surface area contributed by atoms with E-state index in [1.807, 2.05) is 0 Å². The van der Waals surface area contributed by atoms with E-state index < -0.39 is 0 Å². The predicted octanol–water partition coefficient (Wildman–Crippen LogP) is 1.16. The molecule has 6 heteroatoms. The van der Waals surface area contributed by atoms with E-state index in [2.05, 4.69) is 48.3 Å². The molecule has 0 spiro atoms. The number of nitrogens with one attached hydrogen (secondary N) is 2. The number of aliphatic imine (C=N–C) groups is 1. The highest BCUT2D eigenvalue weighted by Crippen LogP contribution is 2.15. The normalized spacial score (nSPS) is 13.7. The van der Waals surface area contributed by atoms with Crippen molar-refractivity contribution < 1.29 is 9.84 Å². The van der Waals surface area contributed by atoms with Crippen LogP contribution >= 0.6 is 0 Å². The lowest BCUT2D eigenvalue weighted by Gasteiger charge is -2.19. The molecule has 0 aliphatic rings. The zero-order chi connectivity index (χ0) is 17.5. The van der Waals surface area contributed by atoms with Crippen LogP contribution in [0.15, 0.2) is 4.99 Å². The third-order valence-electron chi connectivity index (χ3n) is 3.66. The maximum absolute atomic E-state index is 9.20. The van der Waals surface area contributed by atoms with Gasteiger partial charge < -0.3 is 25.4 Å². The van der Waals surface area contributed by atoms with Gasteiger partial charge in [-0.15, -0.1) is 0 Å². The molecule has 0 radical (unpaired) electrons. The molecule has 0 rings (SSSR count). The number of ether oxygens (including phenoxy) is 1. The van der Waals surface area contributed by atoms with Crippen LogP contribution in [0.3, 0.4) is 0 Å². The van der Waals surface area contributed by atoms with Gasteiger partial charge in [-0.3, -0.25) is 4.99 Å². The molecule has 23 heavy (non-hydrogen) atoms. The summed E-state index contributed by atoms with van der Waals surface area (Å²) in [4.78, 5) is 6.91. The van der Waals surface area contributed by atoms with Crippen LogP contribution in [0.5, 0.6) is 0 Å². The van der Waals surface area contributed by atoms with Crippen LogP contribution in [0.25, 0.3) is 0 Å². The number of aliphatic hydroxyl groups is 1. The van der Waals surface area contributed by atoms with Gasteiger partial charge in [0.05, 0.1) is 6.61 Å². The molecule has 1 atom stereocenters. The van der Waals surface area contributed by atoms with Crippen LogP contribution in [0.1, 0.15) is 33.6 Å². The number of likely N-dealkylation sites (N-methyl/N-ethyl adjacent to an activating group) is 1. The van der Waals surface area contributed by atoms with E-state index in [0.717, 1.165) is 58.1 Å². The fourth-order valence-electron chi connectivity index (χ4n) is 2.42. The molecule has 0 saturated carbocycles. The van der Waals surface area contributed by atoms with Gasteiger partial charge >= 0.3 is 0 Å². The molecule has 0 aromatic rings. The SMILES string of the molecule is CCNC(=NCC(CCO)CC(C)C)NCCN(C)CCOC. The Labute approximate surface area is 142 Å². The van der Waals surface area contributed by atoms with Crippen molar-refractivity contribution in [2.45, 2.75) is 33.6 Å². The molecule has 0 bridgehead atoms. The Hall–Kier alpha value is -0.850. The zero-order valence-corrected chi connectivity index (χ0v) is 15.8. The average Bonchev–Trinajstić information content (AvgIpc) is 2.50. The Kier molecular flexibility index (Phi) is 14.2. The molecule has 0 aromatic carbocycles. The fraction of sp³-hybridized carbons (Fsp3) is 0.941. The van der Waals surface area contributed by atoms with Crippen molar-refractivity contribution in [3.05, 3.63) is 0 Å². The standard InChI is InChI=1S/C17H38N4O2/c1-6-18-17(19-8-9-21(4)10-12-23-5)20-14-16(7-11-22)13-15(2)3/h15-16,22H,6-14H2,1-5H3,(H2,18,19,20). The topological polar surface area (TPSA) is 69.1 Å².